The van der Waals surface area contributed by atoms with Gasteiger partial charge in [0.2, 0.25) is 0 Å². The second-order valence-electron chi connectivity index (χ2n) is 10.6. The van der Waals surface area contributed by atoms with Gasteiger partial charge in [0.05, 0.1) is 11.1 Å². The van der Waals surface area contributed by atoms with Crippen molar-refractivity contribution in [3.05, 3.63) is 116 Å². The van der Waals surface area contributed by atoms with E-state index in [0.29, 0.717) is 22.6 Å². The quantitative estimate of drug-likeness (QED) is 0.195. The van der Waals surface area contributed by atoms with Gasteiger partial charge < -0.3 is 9.47 Å². The maximum Gasteiger partial charge on any atom is 0.343 e. The number of carbonyl (C=O) groups is 2. The minimum Gasteiger partial charge on any atom is -0.422 e. The highest BCUT2D eigenvalue weighted by molar-refractivity contribution is 5.93. The van der Waals surface area contributed by atoms with Gasteiger partial charge in [-0.05, 0) is 154 Å². The van der Waals surface area contributed by atoms with Gasteiger partial charge in [-0.3, -0.25) is 0 Å². The van der Waals surface area contributed by atoms with Crippen molar-refractivity contribution in [2.75, 3.05) is 0 Å². The summed E-state index contributed by atoms with van der Waals surface area (Å²) in [4.78, 5) is 25.9. The highest BCUT2D eigenvalue weighted by atomic mass is 16.5. The van der Waals surface area contributed by atoms with Crippen molar-refractivity contribution in [1.29, 1.82) is 0 Å². The van der Waals surface area contributed by atoms with Gasteiger partial charge in [-0.15, -0.1) is 0 Å². The Morgan fingerprint density at radius 2 is 0.974 bits per heavy atom. The summed E-state index contributed by atoms with van der Waals surface area (Å²) < 4.78 is 11.8. The lowest BCUT2D eigenvalue weighted by molar-refractivity contribution is 0.0722. The van der Waals surface area contributed by atoms with Crippen LogP contribution in [0.1, 0.15) is 70.8 Å². The first-order chi connectivity index (χ1) is 18.4. The van der Waals surface area contributed by atoms with E-state index in [1.165, 1.54) is 0 Å². The third kappa shape index (κ3) is 5.51. The van der Waals surface area contributed by atoms with Gasteiger partial charge in [0, 0.05) is 0 Å². The Hall–Kier alpha value is -4.18. The normalized spacial score (nSPS) is 10.9. The molecule has 4 heteroatoms. The van der Waals surface area contributed by atoms with Crippen LogP contribution in [0.3, 0.4) is 0 Å². The van der Waals surface area contributed by atoms with Crippen LogP contribution >= 0.6 is 0 Å². The Bertz CT molecular complexity index is 1620. The first-order valence-corrected chi connectivity index (χ1v) is 13.2. The molecule has 0 amide bonds. The summed E-state index contributed by atoms with van der Waals surface area (Å²) >= 11 is 0. The number of carbonyl (C=O) groups excluding carboxylic acids is 2. The summed E-state index contributed by atoms with van der Waals surface area (Å²) in [6.07, 6.45) is 0. The Balaban J connectivity index is 1.68. The lowest BCUT2D eigenvalue weighted by Gasteiger charge is -2.21. The van der Waals surface area contributed by atoms with Crippen molar-refractivity contribution in [2.24, 2.45) is 0 Å². The molecular formula is C35H36O4. The zero-order valence-corrected chi connectivity index (χ0v) is 24.3. The van der Waals surface area contributed by atoms with Crippen molar-refractivity contribution in [3.8, 4) is 22.6 Å². The van der Waals surface area contributed by atoms with Crippen LogP contribution in [-0.2, 0) is 0 Å². The molecule has 4 rings (SSSR count). The maximum absolute atomic E-state index is 13.0. The lowest BCUT2D eigenvalue weighted by Crippen LogP contribution is -2.12. The van der Waals surface area contributed by atoms with Crippen LogP contribution < -0.4 is 9.47 Å². The molecule has 0 N–H and O–H groups in total. The monoisotopic (exact) mass is 520 g/mol. The predicted octanol–water partition coefficient (Wildman–Crippen LogP) is 8.57. The zero-order valence-electron chi connectivity index (χ0n) is 24.3. The molecule has 0 spiro atoms. The Morgan fingerprint density at radius 3 is 1.44 bits per heavy atom. The summed E-state index contributed by atoms with van der Waals surface area (Å²) in [7, 11) is 0. The van der Waals surface area contributed by atoms with Crippen molar-refractivity contribution in [2.45, 2.75) is 62.3 Å². The smallest absolute Gasteiger partial charge is 0.343 e. The number of hydrogen-bond donors (Lipinski definition) is 0. The summed E-state index contributed by atoms with van der Waals surface area (Å²) in [5, 5.41) is 0. The van der Waals surface area contributed by atoms with E-state index in [2.05, 4.69) is 12.1 Å². The van der Waals surface area contributed by atoms with E-state index in [0.717, 1.165) is 61.2 Å². The second kappa shape index (κ2) is 10.9. The minimum absolute atomic E-state index is 0.362. The molecule has 4 aromatic rings. The molecular weight excluding hydrogens is 484 g/mol. The van der Waals surface area contributed by atoms with Crippen molar-refractivity contribution < 1.29 is 19.1 Å². The van der Waals surface area contributed by atoms with Crippen LogP contribution in [0.4, 0.5) is 0 Å². The first-order valence-electron chi connectivity index (χ1n) is 13.2. The van der Waals surface area contributed by atoms with Crippen molar-refractivity contribution >= 4 is 11.9 Å². The van der Waals surface area contributed by atoms with Crippen LogP contribution in [0.2, 0.25) is 0 Å². The number of rotatable bonds is 5. The van der Waals surface area contributed by atoms with Gasteiger partial charge >= 0.3 is 11.9 Å². The Labute approximate surface area is 231 Å². The molecule has 0 aliphatic rings. The first kappa shape index (κ1) is 27.8. The number of ether oxygens (including phenoxy) is 2. The highest BCUT2D eigenvalue weighted by Gasteiger charge is 2.21. The maximum atomic E-state index is 13.0. The minimum atomic E-state index is -0.366. The second-order valence-corrected chi connectivity index (χ2v) is 10.6. The van der Waals surface area contributed by atoms with Crippen LogP contribution in [0.15, 0.2) is 54.6 Å². The van der Waals surface area contributed by atoms with Crippen LogP contribution in [-0.4, -0.2) is 11.9 Å². The zero-order chi connectivity index (χ0) is 28.6. The lowest BCUT2D eigenvalue weighted by atomic mass is 9.88. The molecule has 0 bridgehead atoms. The van der Waals surface area contributed by atoms with E-state index in [4.69, 9.17) is 9.47 Å². The van der Waals surface area contributed by atoms with E-state index >= 15 is 0 Å². The molecule has 0 aliphatic heterocycles. The predicted molar refractivity (Wildman–Crippen MR) is 157 cm³/mol. The summed E-state index contributed by atoms with van der Waals surface area (Å²) in [6, 6.07) is 17.2. The number of aryl methyl sites for hydroxylation is 5. The van der Waals surface area contributed by atoms with Crippen molar-refractivity contribution in [1.82, 2.24) is 0 Å². The summed E-state index contributed by atoms with van der Waals surface area (Å²) in [5.41, 5.74) is 12.1. The van der Waals surface area contributed by atoms with E-state index in [1.807, 2.05) is 92.6 Å². The molecule has 0 radical (unpaired) electrons. The molecule has 200 valence electrons. The number of benzene rings is 4. The molecule has 0 aliphatic carbocycles. The molecule has 0 atom stereocenters. The van der Waals surface area contributed by atoms with Crippen molar-refractivity contribution in [3.63, 3.8) is 0 Å². The van der Waals surface area contributed by atoms with Gasteiger partial charge in [0.15, 0.2) is 0 Å². The van der Waals surface area contributed by atoms with E-state index in [9.17, 15) is 9.59 Å². The largest absolute Gasteiger partial charge is 0.422 e. The van der Waals surface area contributed by atoms with Gasteiger partial charge in [0.1, 0.15) is 11.5 Å². The number of hydrogen-bond acceptors (Lipinski definition) is 4. The number of esters is 2. The van der Waals surface area contributed by atoms with Gasteiger partial charge in [0.25, 0.3) is 0 Å². The molecule has 39 heavy (non-hydrogen) atoms. The fourth-order valence-corrected chi connectivity index (χ4v) is 4.93. The standard InChI is InChI=1S/C35H36O4/c1-19-11-10-12-28(15-19)34(36)38-32-22(4)17-30(24(6)26(32)8)31-18-23(5)33(27(9)25(31)7)39-35(37)29-14-13-20(2)21(3)16-29/h10-18H,1-9H3. The molecule has 0 saturated carbocycles. The molecule has 4 nitrogen and oxygen atoms in total. The van der Waals surface area contributed by atoms with E-state index < -0.39 is 0 Å². The topological polar surface area (TPSA) is 52.6 Å². The van der Waals surface area contributed by atoms with Gasteiger partial charge in [-0.2, -0.15) is 0 Å². The van der Waals surface area contributed by atoms with Crippen LogP contribution in [0.25, 0.3) is 11.1 Å². The molecule has 0 heterocycles. The fourth-order valence-electron chi connectivity index (χ4n) is 4.93. The molecule has 4 aromatic carbocycles. The SMILES string of the molecule is Cc1cccc(C(=O)Oc2c(C)cc(-c3cc(C)c(OC(=O)c4ccc(C)c(C)c4)c(C)c3C)c(C)c2C)c1. The average molecular weight is 521 g/mol. The van der Waals surface area contributed by atoms with Gasteiger partial charge in [-0.25, -0.2) is 9.59 Å². The average Bonchev–Trinajstić information content (AvgIpc) is 2.90. The summed E-state index contributed by atoms with van der Waals surface area (Å²) in [6.45, 7) is 18.0. The van der Waals surface area contributed by atoms with Crippen LogP contribution in [0, 0.1) is 62.3 Å². The molecule has 0 fully saturated rings. The Kier molecular flexibility index (Phi) is 7.78. The molecule has 0 aromatic heterocycles. The fraction of sp³-hybridized carbons (Fsp3) is 0.257. The van der Waals surface area contributed by atoms with Gasteiger partial charge in [-0.1, -0.05) is 23.8 Å². The van der Waals surface area contributed by atoms with Crippen LogP contribution in [0.5, 0.6) is 11.5 Å². The Morgan fingerprint density at radius 1 is 0.487 bits per heavy atom. The highest BCUT2D eigenvalue weighted by Crippen LogP contribution is 2.40. The summed E-state index contributed by atoms with van der Waals surface area (Å²) in [5.74, 6) is 0.455. The van der Waals surface area contributed by atoms with E-state index in [-0.39, 0.29) is 11.9 Å². The molecule has 0 unspecified atom stereocenters. The van der Waals surface area contributed by atoms with E-state index in [1.54, 1.807) is 12.1 Å². The third-order valence-electron chi connectivity index (χ3n) is 7.73. The third-order valence-corrected chi connectivity index (χ3v) is 7.73. The molecule has 0 saturated heterocycles.